The van der Waals surface area contributed by atoms with Crippen molar-refractivity contribution in [2.24, 2.45) is 0 Å². The van der Waals surface area contributed by atoms with Gasteiger partial charge in [0.15, 0.2) is 0 Å². The van der Waals surface area contributed by atoms with Gasteiger partial charge < -0.3 is 35.8 Å². The highest BCUT2D eigenvalue weighted by Gasteiger charge is 2.30. The summed E-state index contributed by atoms with van der Waals surface area (Å²) in [5, 5.41) is 18.5. The molecule has 0 aliphatic heterocycles. The standard InChI is InChI=1S/C30H38N4O8/c1-30(2,3)42-28(39)31-15-9-8-14-24(27(38)33-16-25(35)32-17-26(36)37)34-29(40)41-18-23-21-12-6-4-10-19(21)20-11-5-7-13-22(20)23/h4-7,10-13,23-24H,8-9,14-18H2,1-3H3,(H,31,39)(H,32,35)(H,33,38)(H,34,40)(H,36,37)/t24-/m1/s1. The van der Waals surface area contributed by atoms with Crippen molar-refractivity contribution < 1.29 is 38.6 Å². The highest BCUT2D eigenvalue weighted by Crippen LogP contribution is 2.44. The smallest absolute Gasteiger partial charge is 0.407 e. The zero-order valence-electron chi connectivity index (χ0n) is 24.0. The normalized spacial score (nSPS) is 12.7. The van der Waals surface area contributed by atoms with Gasteiger partial charge in [-0.15, -0.1) is 0 Å². The van der Waals surface area contributed by atoms with Gasteiger partial charge in [0.25, 0.3) is 0 Å². The maximum atomic E-state index is 12.9. The van der Waals surface area contributed by atoms with E-state index in [2.05, 4.69) is 21.3 Å². The van der Waals surface area contributed by atoms with Crippen molar-refractivity contribution in [2.45, 2.75) is 57.6 Å². The molecule has 12 heteroatoms. The van der Waals surface area contributed by atoms with Crippen molar-refractivity contribution in [2.75, 3.05) is 26.2 Å². The molecule has 0 heterocycles. The molecule has 1 aliphatic rings. The number of rotatable bonds is 13. The first-order valence-electron chi connectivity index (χ1n) is 13.8. The van der Waals surface area contributed by atoms with Crippen molar-refractivity contribution in [3.05, 3.63) is 59.7 Å². The van der Waals surface area contributed by atoms with E-state index in [4.69, 9.17) is 14.6 Å². The molecule has 5 N–H and O–H groups in total. The second kappa shape index (κ2) is 14.9. The number of aliphatic carboxylic acids is 1. The molecule has 0 unspecified atom stereocenters. The molecule has 4 amide bonds. The minimum absolute atomic E-state index is 0.0611. The lowest BCUT2D eigenvalue weighted by atomic mass is 9.98. The number of fused-ring (bicyclic) bond motifs is 3. The monoisotopic (exact) mass is 582 g/mol. The number of ether oxygens (including phenoxy) is 2. The van der Waals surface area contributed by atoms with Crippen molar-refractivity contribution in [3.8, 4) is 11.1 Å². The van der Waals surface area contributed by atoms with Crippen LogP contribution in [0.2, 0.25) is 0 Å². The van der Waals surface area contributed by atoms with Crippen LogP contribution in [0.25, 0.3) is 11.1 Å². The van der Waals surface area contributed by atoms with E-state index in [9.17, 15) is 24.0 Å². The van der Waals surface area contributed by atoms with Gasteiger partial charge in [-0.25, -0.2) is 9.59 Å². The molecule has 0 bridgehead atoms. The predicted molar refractivity (Wildman–Crippen MR) is 154 cm³/mol. The van der Waals surface area contributed by atoms with Crippen LogP contribution in [0, 0.1) is 0 Å². The number of hydrogen-bond donors (Lipinski definition) is 5. The first-order chi connectivity index (χ1) is 19.9. The lowest BCUT2D eigenvalue weighted by molar-refractivity contribution is -0.137. The number of benzene rings is 2. The average Bonchev–Trinajstić information content (AvgIpc) is 3.25. The third-order valence-corrected chi connectivity index (χ3v) is 6.40. The van der Waals surface area contributed by atoms with Crippen LogP contribution in [0.15, 0.2) is 48.5 Å². The Balaban J connectivity index is 1.56. The Labute approximate surface area is 244 Å². The second-order valence-electron chi connectivity index (χ2n) is 10.8. The van der Waals surface area contributed by atoms with E-state index >= 15 is 0 Å². The number of carboxylic acid groups (broad SMARTS) is 1. The number of carboxylic acids is 1. The van der Waals surface area contributed by atoms with Gasteiger partial charge in [-0.1, -0.05) is 48.5 Å². The van der Waals surface area contributed by atoms with Gasteiger partial charge in [0.1, 0.15) is 24.8 Å². The van der Waals surface area contributed by atoms with E-state index in [1.807, 2.05) is 48.5 Å². The molecule has 0 saturated heterocycles. The van der Waals surface area contributed by atoms with Crippen LogP contribution in [0.3, 0.4) is 0 Å². The SMILES string of the molecule is CC(C)(C)OC(=O)NCCCC[C@@H](NC(=O)OCC1c2ccccc2-c2ccccc21)C(=O)NCC(=O)NCC(=O)O. The Morgan fingerprint density at radius 1 is 0.833 bits per heavy atom. The first-order valence-corrected chi connectivity index (χ1v) is 13.8. The number of hydrogen-bond acceptors (Lipinski definition) is 7. The van der Waals surface area contributed by atoms with E-state index in [1.54, 1.807) is 20.8 Å². The van der Waals surface area contributed by atoms with Crippen LogP contribution in [-0.2, 0) is 23.9 Å². The number of unbranched alkanes of at least 4 members (excludes halogenated alkanes) is 1. The number of alkyl carbamates (subject to hydrolysis) is 2. The van der Waals surface area contributed by atoms with Crippen LogP contribution < -0.4 is 21.3 Å². The summed E-state index contributed by atoms with van der Waals surface area (Å²) >= 11 is 0. The van der Waals surface area contributed by atoms with E-state index < -0.39 is 54.7 Å². The molecule has 1 aliphatic carbocycles. The molecule has 2 aromatic carbocycles. The van der Waals surface area contributed by atoms with Crippen molar-refractivity contribution in [1.29, 1.82) is 0 Å². The molecular weight excluding hydrogens is 544 g/mol. The summed E-state index contributed by atoms with van der Waals surface area (Å²) in [6, 6.07) is 14.8. The van der Waals surface area contributed by atoms with Crippen LogP contribution in [0.4, 0.5) is 9.59 Å². The quantitative estimate of drug-likeness (QED) is 0.224. The third kappa shape index (κ3) is 9.79. The Morgan fingerprint density at radius 3 is 2.05 bits per heavy atom. The summed E-state index contributed by atoms with van der Waals surface area (Å²) in [7, 11) is 0. The number of carbonyl (C=O) groups is 5. The van der Waals surface area contributed by atoms with E-state index in [0.717, 1.165) is 22.3 Å². The molecular formula is C30H38N4O8. The largest absolute Gasteiger partial charge is 0.480 e. The molecule has 0 aromatic heterocycles. The lowest BCUT2D eigenvalue weighted by Gasteiger charge is -2.20. The zero-order valence-corrected chi connectivity index (χ0v) is 24.0. The minimum Gasteiger partial charge on any atom is -0.480 e. The maximum absolute atomic E-state index is 12.9. The molecule has 2 aromatic rings. The highest BCUT2D eigenvalue weighted by molar-refractivity contribution is 5.90. The zero-order chi connectivity index (χ0) is 30.7. The summed E-state index contributed by atoms with van der Waals surface area (Å²) in [5.74, 6) is -2.70. The Bertz CT molecular complexity index is 1240. The van der Waals surface area contributed by atoms with Gasteiger partial charge in [0.05, 0.1) is 6.54 Å². The number of amides is 4. The summed E-state index contributed by atoms with van der Waals surface area (Å²) in [4.78, 5) is 60.1. The van der Waals surface area contributed by atoms with Gasteiger partial charge in [0, 0.05) is 12.5 Å². The number of carbonyl (C=O) groups excluding carboxylic acids is 4. The minimum atomic E-state index is -1.22. The molecule has 226 valence electrons. The predicted octanol–water partition coefficient (Wildman–Crippen LogP) is 2.91. The highest BCUT2D eigenvalue weighted by atomic mass is 16.6. The fourth-order valence-corrected chi connectivity index (χ4v) is 4.56. The lowest BCUT2D eigenvalue weighted by Crippen LogP contribution is -2.49. The molecule has 1 atom stereocenters. The Kier molecular flexibility index (Phi) is 11.3. The first kappa shape index (κ1) is 31.9. The molecule has 0 spiro atoms. The summed E-state index contributed by atoms with van der Waals surface area (Å²) < 4.78 is 10.8. The Hall–Kier alpha value is -4.61. The van der Waals surface area contributed by atoms with E-state index in [-0.39, 0.29) is 18.9 Å². The van der Waals surface area contributed by atoms with Gasteiger partial charge in [-0.2, -0.15) is 0 Å². The van der Waals surface area contributed by atoms with Crippen molar-refractivity contribution >= 4 is 30.0 Å². The van der Waals surface area contributed by atoms with Crippen molar-refractivity contribution in [3.63, 3.8) is 0 Å². The summed E-state index contributed by atoms with van der Waals surface area (Å²) in [6.45, 7) is 4.58. The second-order valence-corrected chi connectivity index (χ2v) is 10.8. The molecule has 3 rings (SSSR count). The average molecular weight is 583 g/mol. The van der Waals surface area contributed by atoms with Gasteiger partial charge in [-0.3, -0.25) is 14.4 Å². The molecule has 12 nitrogen and oxygen atoms in total. The van der Waals surface area contributed by atoms with Gasteiger partial charge >= 0.3 is 18.2 Å². The Morgan fingerprint density at radius 2 is 1.45 bits per heavy atom. The van der Waals surface area contributed by atoms with Crippen LogP contribution >= 0.6 is 0 Å². The van der Waals surface area contributed by atoms with Crippen LogP contribution in [0.1, 0.15) is 57.1 Å². The molecule has 0 radical (unpaired) electrons. The number of nitrogens with one attached hydrogen (secondary N) is 4. The van der Waals surface area contributed by atoms with Crippen LogP contribution in [0.5, 0.6) is 0 Å². The molecule has 0 fully saturated rings. The summed E-state index contributed by atoms with van der Waals surface area (Å²) in [6.07, 6.45) is -0.208. The van der Waals surface area contributed by atoms with Crippen molar-refractivity contribution in [1.82, 2.24) is 21.3 Å². The molecule has 0 saturated carbocycles. The third-order valence-electron chi connectivity index (χ3n) is 6.40. The fourth-order valence-electron chi connectivity index (χ4n) is 4.56. The van der Waals surface area contributed by atoms with Gasteiger partial charge in [-0.05, 0) is 62.3 Å². The fraction of sp³-hybridized carbons (Fsp3) is 0.433. The maximum Gasteiger partial charge on any atom is 0.407 e. The topological polar surface area (TPSA) is 172 Å². The van der Waals surface area contributed by atoms with Gasteiger partial charge in [0.2, 0.25) is 11.8 Å². The van der Waals surface area contributed by atoms with Crippen LogP contribution in [-0.4, -0.2) is 73.0 Å². The molecule has 42 heavy (non-hydrogen) atoms. The van der Waals surface area contributed by atoms with E-state index in [0.29, 0.717) is 19.4 Å². The van der Waals surface area contributed by atoms with E-state index in [1.165, 1.54) is 0 Å². The summed E-state index contributed by atoms with van der Waals surface area (Å²) in [5.41, 5.74) is 3.63.